The van der Waals surface area contributed by atoms with Crippen LogP contribution >= 0.6 is 0 Å². The molecule has 2 aliphatic carbocycles. The molecule has 0 saturated heterocycles. The van der Waals surface area contributed by atoms with E-state index in [0.717, 1.165) is 19.3 Å². The molecular weight excluding hydrogens is 212 g/mol. The Labute approximate surface area is 105 Å². The molecule has 4 atom stereocenters. The van der Waals surface area contributed by atoms with Crippen molar-refractivity contribution in [3.8, 4) is 0 Å². The van der Waals surface area contributed by atoms with Gasteiger partial charge in [0.25, 0.3) is 0 Å². The van der Waals surface area contributed by atoms with Gasteiger partial charge < -0.3 is 11.1 Å². The minimum absolute atomic E-state index is 0.228. The molecule has 0 aromatic carbocycles. The van der Waals surface area contributed by atoms with E-state index in [0.29, 0.717) is 24.3 Å². The molecule has 0 aromatic heterocycles. The summed E-state index contributed by atoms with van der Waals surface area (Å²) >= 11 is 0. The van der Waals surface area contributed by atoms with E-state index in [1.807, 2.05) is 0 Å². The van der Waals surface area contributed by atoms with Crippen LogP contribution in [-0.2, 0) is 4.79 Å². The lowest BCUT2D eigenvalue weighted by Crippen LogP contribution is -2.42. The smallest absolute Gasteiger partial charge is 0.220 e. The Kier molecular flexibility index (Phi) is 4.43. The van der Waals surface area contributed by atoms with Gasteiger partial charge in [0.1, 0.15) is 0 Å². The Morgan fingerprint density at radius 2 is 1.94 bits per heavy atom. The van der Waals surface area contributed by atoms with Gasteiger partial charge in [0.15, 0.2) is 0 Å². The number of hydrogen-bond donors (Lipinski definition) is 2. The summed E-state index contributed by atoms with van der Waals surface area (Å²) in [5.74, 6) is 1.30. The average molecular weight is 238 g/mol. The number of nitrogens with one attached hydrogen (secondary N) is 1. The first-order valence-electron chi connectivity index (χ1n) is 7.21. The van der Waals surface area contributed by atoms with Crippen LogP contribution in [-0.4, -0.2) is 18.0 Å². The Balaban J connectivity index is 1.76. The molecule has 1 amide bonds. The summed E-state index contributed by atoms with van der Waals surface area (Å²) in [5.41, 5.74) is 6.01. The summed E-state index contributed by atoms with van der Waals surface area (Å²) < 4.78 is 0. The molecule has 2 rings (SSSR count). The topological polar surface area (TPSA) is 55.1 Å². The monoisotopic (exact) mass is 238 g/mol. The predicted molar refractivity (Wildman–Crippen MR) is 69.5 cm³/mol. The van der Waals surface area contributed by atoms with Crippen LogP contribution < -0.4 is 11.1 Å². The van der Waals surface area contributed by atoms with E-state index in [-0.39, 0.29) is 11.9 Å². The zero-order valence-electron chi connectivity index (χ0n) is 11.0. The van der Waals surface area contributed by atoms with E-state index in [1.165, 1.54) is 25.7 Å². The van der Waals surface area contributed by atoms with Gasteiger partial charge in [0.05, 0.1) is 0 Å². The van der Waals surface area contributed by atoms with Crippen molar-refractivity contribution in [3.05, 3.63) is 0 Å². The highest BCUT2D eigenvalue weighted by atomic mass is 16.1. The second-order valence-electron chi connectivity index (χ2n) is 5.99. The third-order valence-electron chi connectivity index (χ3n) is 4.62. The summed E-state index contributed by atoms with van der Waals surface area (Å²) in [6.45, 7) is 2.26. The van der Waals surface area contributed by atoms with Gasteiger partial charge in [-0.1, -0.05) is 26.2 Å². The van der Waals surface area contributed by atoms with Crippen molar-refractivity contribution in [1.29, 1.82) is 0 Å². The average Bonchev–Trinajstić information content (AvgIpc) is 2.68. The first kappa shape index (κ1) is 12.9. The van der Waals surface area contributed by atoms with Crippen LogP contribution in [0.25, 0.3) is 0 Å². The molecule has 0 bridgehead atoms. The first-order valence-corrected chi connectivity index (χ1v) is 7.21. The summed E-state index contributed by atoms with van der Waals surface area (Å²) in [4.78, 5) is 12.0. The lowest BCUT2D eigenvalue weighted by atomic mass is 9.85. The van der Waals surface area contributed by atoms with Crippen molar-refractivity contribution in [2.24, 2.45) is 17.6 Å². The molecular formula is C14H26N2O. The van der Waals surface area contributed by atoms with Crippen LogP contribution in [0.5, 0.6) is 0 Å². The summed E-state index contributed by atoms with van der Waals surface area (Å²) in [7, 11) is 0. The number of hydrogen-bond acceptors (Lipinski definition) is 2. The zero-order valence-corrected chi connectivity index (χ0v) is 11.0. The summed E-state index contributed by atoms with van der Waals surface area (Å²) in [6.07, 6.45) is 9.06. The van der Waals surface area contributed by atoms with Crippen LogP contribution in [0.2, 0.25) is 0 Å². The number of carbonyl (C=O) groups excluding carboxylic acids is 1. The largest absolute Gasteiger partial charge is 0.353 e. The van der Waals surface area contributed by atoms with Gasteiger partial charge in [-0.3, -0.25) is 4.79 Å². The maximum absolute atomic E-state index is 12.0. The van der Waals surface area contributed by atoms with Crippen molar-refractivity contribution in [1.82, 2.24) is 5.32 Å². The third kappa shape index (κ3) is 3.44. The van der Waals surface area contributed by atoms with Crippen molar-refractivity contribution in [2.75, 3.05) is 0 Å². The van der Waals surface area contributed by atoms with Crippen molar-refractivity contribution in [3.63, 3.8) is 0 Å². The van der Waals surface area contributed by atoms with Gasteiger partial charge >= 0.3 is 0 Å². The van der Waals surface area contributed by atoms with E-state index >= 15 is 0 Å². The molecule has 2 saturated carbocycles. The molecule has 3 nitrogen and oxygen atoms in total. The maximum atomic E-state index is 12.0. The molecule has 2 aliphatic rings. The lowest BCUT2D eigenvalue weighted by Gasteiger charge is -2.30. The predicted octanol–water partition coefficient (Wildman–Crippen LogP) is 2.20. The minimum atomic E-state index is 0.228. The quantitative estimate of drug-likeness (QED) is 0.792. The Hall–Kier alpha value is -0.570. The number of carbonyl (C=O) groups is 1. The highest BCUT2D eigenvalue weighted by molar-refractivity contribution is 5.76. The van der Waals surface area contributed by atoms with Gasteiger partial charge in [-0.15, -0.1) is 0 Å². The van der Waals surface area contributed by atoms with Crippen LogP contribution in [0.1, 0.15) is 58.3 Å². The SMILES string of the molecule is CC1CCCCC1NC(=O)C[C@@H]1CCC[C@H]1N. The second-order valence-corrected chi connectivity index (χ2v) is 5.99. The normalized spacial score (nSPS) is 38.0. The van der Waals surface area contributed by atoms with Gasteiger partial charge in [-0.05, 0) is 37.5 Å². The van der Waals surface area contributed by atoms with Crippen LogP contribution in [0.4, 0.5) is 0 Å². The van der Waals surface area contributed by atoms with E-state index in [9.17, 15) is 4.79 Å². The molecule has 0 aromatic rings. The number of nitrogens with two attached hydrogens (primary N) is 1. The van der Waals surface area contributed by atoms with Gasteiger partial charge in [0.2, 0.25) is 5.91 Å². The van der Waals surface area contributed by atoms with Crippen LogP contribution in [0, 0.1) is 11.8 Å². The van der Waals surface area contributed by atoms with Gasteiger partial charge in [0, 0.05) is 18.5 Å². The molecule has 0 radical (unpaired) electrons. The van der Waals surface area contributed by atoms with E-state index < -0.39 is 0 Å². The Bertz CT molecular complexity index is 267. The minimum Gasteiger partial charge on any atom is -0.353 e. The molecule has 98 valence electrons. The molecule has 17 heavy (non-hydrogen) atoms. The standard InChI is InChI=1S/C14H26N2O/c1-10-5-2-3-8-13(10)16-14(17)9-11-6-4-7-12(11)15/h10-13H,2-9,15H2,1H3,(H,16,17)/t10?,11-,12+,13?/m0/s1. The van der Waals surface area contributed by atoms with Crippen molar-refractivity contribution < 1.29 is 4.79 Å². The highest BCUT2D eigenvalue weighted by Crippen LogP contribution is 2.28. The van der Waals surface area contributed by atoms with Crippen molar-refractivity contribution >= 4 is 5.91 Å². The fourth-order valence-corrected chi connectivity index (χ4v) is 3.35. The molecule has 0 aliphatic heterocycles. The van der Waals surface area contributed by atoms with Crippen molar-refractivity contribution in [2.45, 2.75) is 70.4 Å². The third-order valence-corrected chi connectivity index (χ3v) is 4.62. The van der Waals surface area contributed by atoms with E-state index in [1.54, 1.807) is 0 Å². The lowest BCUT2D eigenvalue weighted by molar-refractivity contribution is -0.123. The van der Waals surface area contributed by atoms with E-state index in [4.69, 9.17) is 5.73 Å². The van der Waals surface area contributed by atoms with Gasteiger partial charge in [-0.25, -0.2) is 0 Å². The first-order chi connectivity index (χ1) is 8.16. The van der Waals surface area contributed by atoms with E-state index in [2.05, 4.69) is 12.2 Å². The van der Waals surface area contributed by atoms with Crippen LogP contribution in [0.15, 0.2) is 0 Å². The Morgan fingerprint density at radius 3 is 2.59 bits per heavy atom. The molecule has 3 N–H and O–H groups in total. The molecule has 0 heterocycles. The Morgan fingerprint density at radius 1 is 1.18 bits per heavy atom. The molecule has 2 fully saturated rings. The maximum Gasteiger partial charge on any atom is 0.220 e. The second kappa shape index (κ2) is 5.85. The zero-order chi connectivity index (χ0) is 12.3. The molecule has 0 spiro atoms. The highest BCUT2D eigenvalue weighted by Gasteiger charge is 2.28. The fraction of sp³-hybridized carbons (Fsp3) is 0.929. The van der Waals surface area contributed by atoms with Crippen LogP contribution in [0.3, 0.4) is 0 Å². The van der Waals surface area contributed by atoms with Gasteiger partial charge in [-0.2, -0.15) is 0 Å². The number of rotatable bonds is 3. The summed E-state index contributed by atoms with van der Waals surface area (Å²) in [6, 6.07) is 0.665. The molecule has 2 unspecified atom stereocenters. The fourth-order valence-electron chi connectivity index (χ4n) is 3.35. The number of amides is 1. The molecule has 3 heteroatoms. The summed E-state index contributed by atoms with van der Waals surface area (Å²) in [5, 5.41) is 3.22.